The van der Waals surface area contributed by atoms with E-state index in [1.54, 1.807) is 0 Å². The van der Waals surface area contributed by atoms with Gasteiger partial charge in [-0.15, -0.1) is 0 Å². The van der Waals surface area contributed by atoms with Gasteiger partial charge in [0.2, 0.25) is 0 Å². The average molecular weight is 248 g/mol. The van der Waals surface area contributed by atoms with Crippen LogP contribution in [-0.4, -0.2) is 30.0 Å². The van der Waals surface area contributed by atoms with Crippen molar-refractivity contribution >= 4 is 11.7 Å². The Morgan fingerprint density at radius 1 is 1.44 bits per heavy atom. The monoisotopic (exact) mass is 248 g/mol. The van der Waals surface area contributed by atoms with Crippen LogP contribution in [0.25, 0.3) is 0 Å². The number of hydrogen-bond donors (Lipinski definition) is 3. The van der Waals surface area contributed by atoms with Crippen LogP contribution in [0.3, 0.4) is 0 Å². The Labute approximate surface area is 107 Å². The number of nitrogens with one attached hydrogen (secondary N) is 2. The van der Waals surface area contributed by atoms with Gasteiger partial charge in [-0.3, -0.25) is 4.79 Å². The largest absolute Gasteiger partial charge is 0.367 e. The minimum atomic E-state index is -0.420. The number of rotatable bonds is 3. The molecule has 2 heterocycles. The highest BCUT2D eigenvalue weighted by Gasteiger charge is 2.18. The summed E-state index contributed by atoms with van der Waals surface area (Å²) in [7, 11) is 0. The number of aromatic nitrogens is 1. The number of aryl methyl sites for hydroxylation is 2. The maximum atomic E-state index is 11.5. The highest BCUT2D eigenvalue weighted by Crippen LogP contribution is 2.20. The second-order valence-corrected chi connectivity index (χ2v) is 4.84. The van der Waals surface area contributed by atoms with E-state index in [-0.39, 0.29) is 0 Å². The summed E-state index contributed by atoms with van der Waals surface area (Å²) in [5.74, 6) is 0.211. The summed E-state index contributed by atoms with van der Waals surface area (Å²) in [6.07, 6.45) is 2.07. The van der Waals surface area contributed by atoms with E-state index < -0.39 is 5.91 Å². The summed E-state index contributed by atoms with van der Waals surface area (Å²) in [5, 5.41) is 6.67. The van der Waals surface area contributed by atoms with Crippen molar-refractivity contribution in [3.05, 3.63) is 22.9 Å². The van der Waals surface area contributed by atoms with E-state index in [1.165, 1.54) is 0 Å². The number of piperidine rings is 1. The molecule has 1 saturated heterocycles. The second-order valence-electron chi connectivity index (χ2n) is 4.84. The molecular formula is C13H20N4O. The van der Waals surface area contributed by atoms with E-state index in [2.05, 4.69) is 15.6 Å². The number of carbonyl (C=O) groups excluding carboxylic acids is 1. The lowest BCUT2D eigenvalue weighted by atomic mass is 10.0. The summed E-state index contributed by atoms with van der Waals surface area (Å²) < 4.78 is 0. The lowest BCUT2D eigenvalue weighted by Crippen LogP contribution is -2.36. The minimum absolute atomic E-state index is 0.359. The van der Waals surface area contributed by atoms with Crippen LogP contribution in [0, 0.1) is 13.8 Å². The SMILES string of the molecule is Cc1cc(C)c(C(N)=O)c(NC2CCNCC2)n1. The van der Waals surface area contributed by atoms with Gasteiger partial charge in [0.1, 0.15) is 5.82 Å². The van der Waals surface area contributed by atoms with Crippen LogP contribution in [0.2, 0.25) is 0 Å². The van der Waals surface area contributed by atoms with Crippen molar-refractivity contribution in [2.75, 3.05) is 18.4 Å². The quantitative estimate of drug-likeness (QED) is 0.744. The van der Waals surface area contributed by atoms with Gasteiger partial charge in [-0.2, -0.15) is 0 Å². The fourth-order valence-electron chi connectivity index (χ4n) is 2.41. The lowest BCUT2D eigenvalue weighted by Gasteiger charge is -2.25. The van der Waals surface area contributed by atoms with Gasteiger partial charge in [-0.25, -0.2) is 4.98 Å². The molecule has 98 valence electrons. The van der Waals surface area contributed by atoms with E-state index in [1.807, 2.05) is 19.9 Å². The van der Waals surface area contributed by atoms with E-state index in [9.17, 15) is 4.79 Å². The molecule has 1 fully saturated rings. The van der Waals surface area contributed by atoms with Gasteiger partial charge in [-0.05, 0) is 51.4 Å². The maximum Gasteiger partial charge on any atom is 0.252 e. The Morgan fingerprint density at radius 2 is 2.11 bits per heavy atom. The third-order valence-corrected chi connectivity index (χ3v) is 3.27. The molecule has 18 heavy (non-hydrogen) atoms. The number of nitrogens with zero attached hydrogens (tertiary/aromatic N) is 1. The highest BCUT2D eigenvalue weighted by molar-refractivity contribution is 5.99. The summed E-state index contributed by atoms with van der Waals surface area (Å²) >= 11 is 0. The molecule has 0 atom stereocenters. The summed E-state index contributed by atoms with van der Waals surface area (Å²) in [6.45, 7) is 5.80. The predicted molar refractivity (Wildman–Crippen MR) is 71.7 cm³/mol. The number of pyridine rings is 1. The van der Waals surface area contributed by atoms with Gasteiger partial charge >= 0.3 is 0 Å². The molecule has 4 N–H and O–H groups in total. The first-order valence-electron chi connectivity index (χ1n) is 6.33. The van der Waals surface area contributed by atoms with Gasteiger partial charge in [-0.1, -0.05) is 0 Å². The van der Waals surface area contributed by atoms with Crippen molar-refractivity contribution in [3.63, 3.8) is 0 Å². The zero-order valence-corrected chi connectivity index (χ0v) is 10.9. The third kappa shape index (κ3) is 2.79. The van der Waals surface area contributed by atoms with Crippen LogP contribution in [0.15, 0.2) is 6.07 Å². The Morgan fingerprint density at radius 3 is 2.72 bits per heavy atom. The van der Waals surface area contributed by atoms with Gasteiger partial charge in [0, 0.05) is 11.7 Å². The highest BCUT2D eigenvalue weighted by atomic mass is 16.1. The number of carbonyl (C=O) groups is 1. The molecule has 1 aromatic heterocycles. The molecule has 0 aromatic carbocycles. The smallest absolute Gasteiger partial charge is 0.252 e. The van der Waals surface area contributed by atoms with E-state index in [4.69, 9.17) is 5.73 Å². The molecule has 0 unspecified atom stereocenters. The van der Waals surface area contributed by atoms with Gasteiger partial charge in [0.05, 0.1) is 5.56 Å². The van der Waals surface area contributed by atoms with Crippen LogP contribution in [0.1, 0.15) is 34.5 Å². The van der Waals surface area contributed by atoms with Crippen LogP contribution in [0.5, 0.6) is 0 Å². The Kier molecular flexibility index (Phi) is 3.81. The molecule has 1 aliphatic rings. The van der Waals surface area contributed by atoms with E-state index in [0.717, 1.165) is 37.2 Å². The molecule has 5 heteroatoms. The number of hydrogen-bond acceptors (Lipinski definition) is 4. The molecule has 1 aromatic rings. The lowest BCUT2D eigenvalue weighted by molar-refractivity contribution is 0.1000. The van der Waals surface area contributed by atoms with Crippen LogP contribution >= 0.6 is 0 Å². The molecule has 2 rings (SSSR count). The molecule has 0 aliphatic carbocycles. The predicted octanol–water partition coefficient (Wildman–Crippen LogP) is 0.961. The average Bonchev–Trinajstić information content (AvgIpc) is 2.28. The standard InChI is InChI=1S/C13H20N4O/c1-8-7-9(2)16-13(11(8)12(14)18)17-10-3-5-15-6-4-10/h7,10,15H,3-6H2,1-2H3,(H2,14,18)(H,16,17). The number of nitrogens with two attached hydrogens (primary N) is 1. The first kappa shape index (κ1) is 12.8. The van der Waals surface area contributed by atoms with Crippen LogP contribution in [0.4, 0.5) is 5.82 Å². The Balaban J connectivity index is 2.27. The van der Waals surface area contributed by atoms with Crippen molar-refractivity contribution in [2.45, 2.75) is 32.7 Å². The molecule has 0 radical (unpaired) electrons. The molecule has 5 nitrogen and oxygen atoms in total. The first-order valence-corrected chi connectivity index (χ1v) is 6.33. The van der Waals surface area contributed by atoms with E-state index >= 15 is 0 Å². The van der Waals surface area contributed by atoms with Crippen LogP contribution in [-0.2, 0) is 0 Å². The second kappa shape index (κ2) is 5.35. The Bertz CT molecular complexity index is 453. The summed E-state index contributed by atoms with van der Waals surface area (Å²) in [4.78, 5) is 15.9. The van der Waals surface area contributed by atoms with E-state index in [0.29, 0.717) is 17.4 Å². The molecule has 0 bridgehead atoms. The molecule has 1 amide bonds. The number of primary amides is 1. The molecule has 1 aliphatic heterocycles. The van der Waals surface area contributed by atoms with Crippen molar-refractivity contribution in [1.29, 1.82) is 0 Å². The topological polar surface area (TPSA) is 80.0 Å². The normalized spacial score (nSPS) is 16.6. The maximum absolute atomic E-state index is 11.5. The van der Waals surface area contributed by atoms with Gasteiger partial charge < -0.3 is 16.4 Å². The van der Waals surface area contributed by atoms with Gasteiger partial charge in [0.25, 0.3) is 5.91 Å². The van der Waals surface area contributed by atoms with Crippen molar-refractivity contribution < 1.29 is 4.79 Å². The van der Waals surface area contributed by atoms with Crippen LogP contribution < -0.4 is 16.4 Å². The molecule has 0 spiro atoms. The molecule has 0 saturated carbocycles. The number of amides is 1. The van der Waals surface area contributed by atoms with Crippen molar-refractivity contribution in [2.24, 2.45) is 5.73 Å². The summed E-state index contributed by atoms with van der Waals surface area (Å²) in [6, 6.07) is 2.24. The summed E-state index contributed by atoms with van der Waals surface area (Å²) in [5.41, 5.74) is 7.73. The van der Waals surface area contributed by atoms with Crippen molar-refractivity contribution in [1.82, 2.24) is 10.3 Å². The van der Waals surface area contributed by atoms with Gasteiger partial charge in [0.15, 0.2) is 0 Å². The Hall–Kier alpha value is -1.62. The third-order valence-electron chi connectivity index (χ3n) is 3.27. The van der Waals surface area contributed by atoms with Crippen molar-refractivity contribution in [3.8, 4) is 0 Å². The zero-order valence-electron chi connectivity index (χ0n) is 10.9. The first-order chi connectivity index (χ1) is 8.58. The fourth-order valence-corrected chi connectivity index (χ4v) is 2.41. The molecular weight excluding hydrogens is 228 g/mol. The minimum Gasteiger partial charge on any atom is -0.367 e. The fraction of sp³-hybridized carbons (Fsp3) is 0.538. The zero-order chi connectivity index (χ0) is 13.1. The number of anilines is 1.